The molecule has 0 bridgehead atoms. The lowest BCUT2D eigenvalue weighted by molar-refractivity contribution is -0.179. The number of nitrogens with one attached hydrogen (secondary N) is 1. The van der Waals surface area contributed by atoms with Crippen molar-refractivity contribution in [3.8, 4) is 0 Å². The molecule has 2 saturated heterocycles. The Morgan fingerprint density at radius 1 is 1.28 bits per heavy atom. The summed E-state index contributed by atoms with van der Waals surface area (Å²) in [4.78, 5) is 30.9. The molecule has 2 aliphatic rings. The van der Waals surface area contributed by atoms with E-state index in [1.54, 1.807) is 13.0 Å². The number of likely N-dealkylation sites (tertiary alicyclic amines) is 1. The molecule has 8 heteroatoms. The lowest BCUT2D eigenvalue weighted by Gasteiger charge is -2.51. The fourth-order valence-corrected chi connectivity index (χ4v) is 4.54. The molecule has 0 saturated carbocycles. The van der Waals surface area contributed by atoms with Crippen molar-refractivity contribution < 1.29 is 19.4 Å². The molecule has 2 N–H and O–H groups in total. The number of hydrogen-bond donors (Lipinski definition) is 2. The summed E-state index contributed by atoms with van der Waals surface area (Å²) in [5, 5.41) is 14.6. The van der Waals surface area contributed by atoms with Gasteiger partial charge in [-0.2, -0.15) is 0 Å². The van der Waals surface area contributed by atoms with Gasteiger partial charge in [-0.3, -0.25) is 9.59 Å². The van der Waals surface area contributed by atoms with Crippen LogP contribution in [0.25, 0.3) is 11.0 Å². The van der Waals surface area contributed by atoms with Gasteiger partial charge in [0.25, 0.3) is 5.91 Å². The number of amides is 2. The summed E-state index contributed by atoms with van der Waals surface area (Å²) in [6.45, 7) is 4.84. The summed E-state index contributed by atoms with van der Waals surface area (Å²) < 4.78 is 7.90. The molecule has 156 valence electrons. The molecule has 8 nitrogen and oxygen atoms in total. The molecule has 2 aromatic heterocycles. The van der Waals surface area contributed by atoms with Crippen molar-refractivity contribution in [2.45, 2.75) is 50.4 Å². The maximum Gasteiger partial charge on any atom is 0.270 e. The minimum absolute atomic E-state index is 0.0638. The predicted molar refractivity (Wildman–Crippen MR) is 107 cm³/mol. The van der Waals surface area contributed by atoms with Gasteiger partial charge in [-0.05, 0) is 38.0 Å². The van der Waals surface area contributed by atoms with Crippen LogP contribution in [0.4, 0.5) is 0 Å². The molecule has 0 unspecified atom stereocenters. The first-order valence-corrected chi connectivity index (χ1v) is 10.0. The van der Waals surface area contributed by atoms with E-state index in [1.165, 1.54) is 0 Å². The molecule has 2 fully saturated rings. The third kappa shape index (κ3) is 3.62. The van der Waals surface area contributed by atoms with Crippen LogP contribution in [0.3, 0.4) is 0 Å². The van der Waals surface area contributed by atoms with E-state index in [0.29, 0.717) is 38.0 Å². The molecule has 0 radical (unpaired) electrons. The number of nitrogens with zero attached hydrogens (tertiary/aromatic N) is 3. The van der Waals surface area contributed by atoms with Crippen LogP contribution in [-0.4, -0.2) is 68.3 Å². The molecule has 2 atom stereocenters. The normalized spacial score (nSPS) is 26.6. The van der Waals surface area contributed by atoms with Crippen LogP contribution in [0.2, 0.25) is 0 Å². The van der Waals surface area contributed by atoms with E-state index < -0.39 is 17.2 Å². The number of carbonyl (C=O) groups excluding carboxylic acids is 2. The van der Waals surface area contributed by atoms with Gasteiger partial charge >= 0.3 is 0 Å². The molecule has 2 aliphatic heterocycles. The first kappa shape index (κ1) is 19.8. The molecule has 0 aromatic carbocycles. The molecular formula is C21H28N4O4. The first-order chi connectivity index (χ1) is 13.7. The minimum atomic E-state index is -0.835. The fourth-order valence-electron chi connectivity index (χ4n) is 4.54. The number of aryl methyl sites for hydroxylation is 1. The highest BCUT2D eigenvalue weighted by Crippen LogP contribution is 2.39. The number of ether oxygens (including phenoxy) is 1. The molecule has 4 rings (SSSR count). The predicted octanol–water partition coefficient (Wildman–Crippen LogP) is 1.22. The lowest BCUT2D eigenvalue weighted by atomic mass is 9.74. The van der Waals surface area contributed by atoms with Crippen LogP contribution in [0.5, 0.6) is 0 Å². The van der Waals surface area contributed by atoms with E-state index in [1.807, 2.05) is 41.8 Å². The van der Waals surface area contributed by atoms with E-state index in [4.69, 9.17) is 4.74 Å². The van der Waals surface area contributed by atoms with Gasteiger partial charge in [-0.15, -0.1) is 0 Å². The maximum atomic E-state index is 13.0. The van der Waals surface area contributed by atoms with Crippen LogP contribution in [0.1, 0.15) is 43.6 Å². The average molecular weight is 400 g/mol. The summed E-state index contributed by atoms with van der Waals surface area (Å²) >= 11 is 0. The number of piperidine rings is 1. The van der Waals surface area contributed by atoms with E-state index in [-0.39, 0.29) is 18.4 Å². The fraction of sp³-hybridized carbons (Fsp3) is 0.571. The SMILES string of the molecule is CC(=O)N1CCC2(CC1)C[C@@](C)(NC(=O)c1ccc3ccn(C)c3n1)[C@H](O)CO2. The second kappa shape index (κ2) is 7.11. The van der Waals surface area contributed by atoms with E-state index in [9.17, 15) is 14.7 Å². The number of rotatable bonds is 2. The van der Waals surface area contributed by atoms with Crippen molar-refractivity contribution in [3.05, 3.63) is 30.1 Å². The Labute approximate surface area is 169 Å². The molecular weight excluding hydrogens is 372 g/mol. The van der Waals surface area contributed by atoms with Crippen LogP contribution < -0.4 is 5.32 Å². The number of aromatic nitrogens is 2. The van der Waals surface area contributed by atoms with Gasteiger partial charge in [0.1, 0.15) is 17.4 Å². The van der Waals surface area contributed by atoms with Crippen molar-refractivity contribution in [1.82, 2.24) is 19.8 Å². The number of hydrogen-bond acceptors (Lipinski definition) is 5. The number of fused-ring (bicyclic) bond motifs is 1. The monoisotopic (exact) mass is 400 g/mol. The highest BCUT2D eigenvalue weighted by Gasteiger charge is 2.50. The highest BCUT2D eigenvalue weighted by molar-refractivity contribution is 5.95. The number of carbonyl (C=O) groups is 2. The molecule has 29 heavy (non-hydrogen) atoms. The highest BCUT2D eigenvalue weighted by atomic mass is 16.5. The largest absolute Gasteiger partial charge is 0.388 e. The zero-order chi connectivity index (χ0) is 20.8. The van der Waals surface area contributed by atoms with E-state index in [0.717, 1.165) is 11.0 Å². The first-order valence-electron chi connectivity index (χ1n) is 10.0. The molecule has 0 aliphatic carbocycles. The molecule has 1 spiro atoms. The number of aliphatic hydroxyl groups is 1. The smallest absolute Gasteiger partial charge is 0.270 e. The van der Waals surface area contributed by atoms with Crippen molar-refractivity contribution in [2.75, 3.05) is 19.7 Å². The Morgan fingerprint density at radius 2 is 2.00 bits per heavy atom. The second-order valence-electron chi connectivity index (χ2n) is 8.60. The van der Waals surface area contributed by atoms with Gasteiger partial charge in [0.2, 0.25) is 5.91 Å². The van der Waals surface area contributed by atoms with Crippen molar-refractivity contribution in [3.63, 3.8) is 0 Å². The van der Waals surface area contributed by atoms with Crippen molar-refractivity contribution >= 4 is 22.8 Å². The van der Waals surface area contributed by atoms with Crippen LogP contribution in [0, 0.1) is 0 Å². The van der Waals surface area contributed by atoms with Gasteiger partial charge in [-0.1, -0.05) is 0 Å². The summed E-state index contributed by atoms with van der Waals surface area (Å²) in [7, 11) is 1.89. The zero-order valence-corrected chi connectivity index (χ0v) is 17.1. The maximum absolute atomic E-state index is 13.0. The van der Waals surface area contributed by atoms with Gasteiger partial charge in [-0.25, -0.2) is 4.98 Å². The Bertz CT molecular complexity index is 947. The minimum Gasteiger partial charge on any atom is -0.388 e. The Hall–Kier alpha value is -2.45. The van der Waals surface area contributed by atoms with Gasteiger partial charge in [0, 0.05) is 45.1 Å². The summed E-state index contributed by atoms with van der Waals surface area (Å²) in [6.07, 6.45) is 2.96. The van der Waals surface area contributed by atoms with E-state index >= 15 is 0 Å². The second-order valence-corrected chi connectivity index (χ2v) is 8.60. The average Bonchev–Trinajstić information content (AvgIpc) is 3.06. The molecule has 2 amide bonds. The summed E-state index contributed by atoms with van der Waals surface area (Å²) in [6, 6.07) is 5.53. The van der Waals surface area contributed by atoms with Crippen LogP contribution in [0.15, 0.2) is 24.4 Å². The van der Waals surface area contributed by atoms with Gasteiger partial charge in [0.15, 0.2) is 0 Å². The summed E-state index contributed by atoms with van der Waals surface area (Å²) in [5.41, 5.74) is -0.218. The van der Waals surface area contributed by atoms with Crippen molar-refractivity contribution in [1.29, 1.82) is 0 Å². The third-order valence-electron chi connectivity index (χ3n) is 6.44. The van der Waals surface area contributed by atoms with Crippen molar-refractivity contribution in [2.24, 2.45) is 7.05 Å². The number of aliphatic hydroxyl groups excluding tert-OH is 1. The zero-order valence-electron chi connectivity index (χ0n) is 17.1. The summed E-state index contributed by atoms with van der Waals surface area (Å²) in [5.74, 6) is -0.248. The standard InChI is InChI=1S/C21H28N4O4/c1-14(26)25-10-7-21(8-11-25)13-20(2,17(27)12-29-21)23-19(28)16-5-4-15-6-9-24(3)18(15)22-16/h4-6,9,17,27H,7-8,10-13H2,1-3H3,(H,23,28)/t17-,20-/m1/s1. The molecule has 4 heterocycles. The Morgan fingerprint density at radius 3 is 2.69 bits per heavy atom. The van der Waals surface area contributed by atoms with Gasteiger partial charge in [0.05, 0.1) is 17.7 Å². The Kier molecular flexibility index (Phi) is 4.86. The Balaban J connectivity index is 1.51. The van der Waals surface area contributed by atoms with Gasteiger partial charge < -0.3 is 24.6 Å². The van der Waals surface area contributed by atoms with E-state index in [2.05, 4.69) is 10.3 Å². The quantitative estimate of drug-likeness (QED) is 0.790. The van der Waals surface area contributed by atoms with Crippen LogP contribution >= 0.6 is 0 Å². The lowest BCUT2D eigenvalue weighted by Crippen LogP contribution is -2.65. The number of pyridine rings is 1. The molecule has 2 aromatic rings. The topological polar surface area (TPSA) is 96.7 Å². The third-order valence-corrected chi connectivity index (χ3v) is 6.44. The van der Waals surface area contributed by atoms with Crippen LogP contribution in [-0.2, 0) is 16.6 Å².